The van der Waals surface area contributed by atoms with Crippen LogP contribution in [0.5, 0.6) is 0 Å². The van der Waals surface area contributed by atoms with E-state index in [1.165, 1.54) is 11.8 Å². The van der Waals surface area contributed by atoms with Gasteiger partial charge in [-0.15, -0.1) is 10.2 Å². The minimum Gasteiger partial charge on any atom is -0.411 e. The first kappa shape index (κ1) is 16.1. The average molecular weight is 368 g/mol. The van der Waals surface area contributed by atoms with Crippen molar-refractivity contribution in [1.29, 1.82) is 0 Å². The fraction of sp³-hybridized carbons (Fsp3) is 0.105. The zero-order valence-electron chi connectivity index (χ0n) is 13.4. The molecular weight excluding hydrogens is 354 g/mol. The predicted octanol–water partition coefficient (Wildman–Crippen LogP) is 5.54. The van der Waals surface area contributed by atoms with Gasteiger partial charge in [-0.2, -0.15) is 0 Å². The molecule has 0 amide bonds. The number of nitrogens with zero attached hydrogens (tertiary/aromatic N) is 3. The first-order valence-electron chi connectivity index (χ1n) is 7.76. The van der Waals surface area contributed by atoms with Crippen LogP contribution in [0.2, 0.25) is 5.15 Å². The molecule has 0 aliphatic rings. The van der Waals surface area contributed by atoms with Gasteiger partial charge in [0.05, 0.1) is 5.52 Å². The molecular formula is C19H14ClN3OS. The number of aromatic nitrogens is 3. The largest absolute Gasteiger partial charge is 0.411 e. The van der Waals surface area contributed by atoms with E-state index >= 15 is 0 Å². The highest BCUT2D eigenvalue weighted by Crippen LogP contribution is 2.29. The van der Waals surface area contributed by atoms with Crippen LogP contribution in [0.15, 0.2) is 64.2 Å². The van der Waals surface area contributed by atoms with Gasteiger partial charge in [-0.3, -0.25) is 0 Å². The molecule has 0 N–H and O–H groups in total. The second-order valence-corrected chi connectivity index (χ2v) is 6.95. The molecule has 2 heterocycles. The van der Waals surface area contributed by atoms with Crippen LogP contribution in [0.3, 0.4) is 0 Å². The van der Waals surface area contributed by atoms with Crippen molar-refractivity contribution in [3.8, 4) is 11.5 Å². The smallest absolute Gasteiger partial charge is 0.277 e. The molecule has 124 valence electrons. The molecule has 4 aromatic rings. The Labute approximate surface area is 154 Å². The van der Waals surface area contributed by atoms with E-state index < -0.39 is 0 Å². The van der Waals surface area contributed by atoms with Gasteiger partial charge >= 0.3 is 0 Å². The van der Waals surface area contributed by atoms with Crippen molar-refractivity contribution < 1.29 is 4.42 Å². The number of hydrogen-bond acceptors (Lipinski definition) is 5. The summed E-state index contributed by atoms with van der Waals surface area (Å²) in [5.41, 5.74) is 3.91. The molecule has 0 radical (unpaired) electrons. The first-order valence-corrected chi connectivity index (χ1v) is 9.13. The first-order chi connectivity index (χ1) is 12.2. The van der Waals surface area contributed by atoms with Crippen LogP contribution in [0, 0.1) is 6.92 Å². The zero-order valence-corrected chi connectivity index (χ0v) is 15.0. The van der Waals surface area contributed by atoms with Gasteiger partial charge in [0.15, 0.2) is 0 Å². The van der Waals surface area contributed by atoms with E-state index in [2.05, 4.69) is 21.2 Å². The van der Waals surface area contributed by atoms with Crippen molar-refractivity contribution >= 4 is 34.3 Å². The maximum Gasteiger partial charge on any atom is 0.277 e. The van der Waals surface area contributed by atoms with E-state index in [1.54, 1.807) is 0 Å². The molecule has 4 rings (SSSR count). The average Bonchev–Trinajstić information content (AvgIpc) is 3.09. The quantitative estimate of drug-likeness (QED) is 0.350. The van der Waals surface area contributed by atoms with Crippen LogP contribution in [0.4, 0.5) is 0 Å². The predicted molar refractivity (Wildman–Crippen MR) is 101 cm³/mol. The summed E-state index contributed by atoms with van der Waals surface area (Å²) in [5.74, 6) is 1.14. The molecule has 0 aliphatic heterocycles. The van der Waals surface area contributed by atoms with Crippen LogP contribution in [-0.2, 0) is 5.75 Å². The molecule has 25 heavy (non-hydrogen) atoms. The third kappa shape index (κ3) is 3.52. The minimum atomic E-state index is 0.504. The summed E-state index contributed by atoms with van der Waals surface area (Å²) in [6.45, 7) is 2.03. The number of halogens is 1. The van der Waals surface area contributed by atoms with Crippen LogP contribution >= 0.6 is 23.4 Å². The van der Waals surface area contributed by atoms with Gasteiger partial charge in [-0.05, 0) is 31.2 Å². The monoisotopic (exact) mass is 367 g/mol. The molecule has 0 spiro atoms. The molecule has 0 atom stereocenters. The van der Waals surface area contributed by atoms with Crippen molar-refractivity contribution in [2.24, 2.45) is 0 Å². The van der Waals surface area contributed by atoms with E-state index in [9.17, 15) is 0 Å². The van der Waals surface area contributed by atoms with Crippen LogP contribution in [0.25, 0.3) is 22.4 Å². The zero-order chi connectivity index (χ0) is 17.2. The molecule has 0 bridgehead atoms. The number of fused-ring (bicyclic) bond motifs is 1. The molecule has 2 aromatic carbocycles. The summed E-state index contributed by atoms with van der Waals surface area (Å²) < 4.78 is 5.75. The second kappa shape index (κ2) is 6.86. The minimum absolute atomic E-state index is 0.504. The number of rotatable bonds is 4. The van der Waals surface area contributed by atoms with Gasteiger partial charge in [-0.25, -0.2) is 4.98 Å². The third-order valence-corrected chi connectivity index (χ3v) is 4.97. The summed E-state index contributed by atoms with van der Waals surface area (Å²) >= 11 is 7.75. The van der Waals surface area contributed by atoms with Crippen molar-refractivity contribution in [2.45, 2.75) is 17.9 Å². The Morgan fingerprint density at radius 2 is 1.92 bits per heavy atom. The Morgan fingerprint density at radius 1 is 1.04 bits per heavy atom. The fourth-order valence-electron chi connectivity index (χ4n) is 2.54. The number of aryl methyl sites for hydroxylation is 1. The maximum atomic E-state index is 6.30. The van der Waals surface area contributed by atoms with Crippen molar-refractivity contribution in [1.82, 2.24) is 15.2 Å². The van der Waals surface area contributed by atoms with Crippen LogP contribution < -0.4 is 0 Å². The van der Waals surface area contributed by atoms with E-state index in [4.69, 9.17) is 16.0 Å². The Bertz CT molecular complexity index is 1050. The lowest BCUT2D eigenvalue weighted by Gasteiger charge is -2.04. The number of pyridine rings is 1. The molecule has 0 saturated carbocycles. The van der Waals surface area contributed by atoms with Gasteiger partial charge in [0.1, 0.15) is 5.15 Å². The Morgan fingerprint density at radius 3 is 2.80 bits per heavy atom. The molecule has 0 aliphatic carbocycles. The van der Waals surface area contributed by atoms with E-state index in [-0.39, 0.29) is 0 Å². The molecule has 2 aromatic heterocycles. The van der Waals surface area contributed by atoms with Gasteiger partial charge < -0.3 is 4.42 Å². The standard InChI is InChI=1S/C19H14ClN3OS/c1-12-5-4-7-14(9-12)18-22-23-19(24-18)25-11-15-10-13-6-2-3-8-16(13)21-17(15)20/h2-10H,11H2,1H3. The summed E-state index contributed by atoms with van der Waals surface area (Å²) in [7, 11) is 0. The number of benzene rings is 2. The molecule has 0 fully saturated rings. The van der Waals surface area contributed by atoms with Crippen molar-refractivity contribution in [2.75, 3.05) is 0 Å². The highest BCUT2D eigenvalue weighted by Gasteiger charge is 2.11. The lowest BCUT2D eigenvalue weighted by Crippen LogP contribution is -1.88. The Balaban J connectivity index is 1.53. The topological polar surface area (TPSA) is 51.8 Å². The number of thioether (sulfide) groups is 1. The van der Waals surface area contributed by atoms with Crippen LogP contribution in [-0.4, -0.2) is 15.2 Å². The third-order valence-electron chi connectivity index (χ3n) is 3.77. The van der Waals surface area contributed by atoms with E-state index in [1.807, 2.05) is 55.5 Å². The number of para-hydroxylation sites is 1. The normalized spacial score (nSPS) is 11.1. The SMILES string of the molecule is Cc1cccc(-c2nnc(SCc3cc4ccccc4nc3Cl)o2)c1. The van der Waals surface area contributed by atoms with Gasteiger partial charge in [0.25, 0.3) is 5.22 Å². The fourth-order valence-corrected chi connectivity index (χ4v) is 3.57. The molecule has 6 heteroatoms. The van der Waals surface area contributed by atoms with Gasteiger partial charge in [0, 0.05) is 22.3 Å². The maximum absolute atomic E-state index is 6.30. The van der Waals surface area contributed by atoms with Crippen molar-refractivity contribution in [3.05, 3.63) is 70.9 Å². The summed E-state index contributed by atoms with van der Waals surface area (Å²) in [5, 5.41) is 10.3. The second-order valence-electron chi connectivity index (χ2n) is 5.66. The summed E-state index contributed by atoms with van der Waals surface area (Å²) in [6, 6.07) is 17.9. The summed E-state index contributed by atoms with van der Waals surface area (Å²) in [6.07, 6.45) is 0. The Kier molecular flexibility index (Phi) is 4.42. The molecule has 0 unspecified atom stereocenters. The van der Waals surface area contributed by atoms with Gasteiger partial charge in [-0.1, -0.05) is 59.3 Å². The highest BCUT2D eigenvalue weighted by atomic mass is 35.5. The van der Waals surface area contributed by atoms with Crippen molar-refractivity contribution in [3.63, 3.8) is 0 Å². The van der Waals surface area contributed by atoms with Gasteiger partial charge in [0.2, 0.25) is 5.89 Å². The molecule has 4 nitrogen and oxygen atoms in total. The lowest BCUT2D eigenvalue weighted by atomic mass is 10.1. The highest BCUT2D eigenvalue weighted by molar-refractivity contribution is 7.98. The molecule has 0 saturated heterocycles. The van der Waals surface area contributed by atoms with E-state index in [0.29, 0.717) is 22.0 Å². The number of hydrogen-bond donors (Lipinski definition) is 0. The summed E-state index contributed by atoms with van der Waals surface area (Å²) in [4.78, 5) is 4.44. The Hall–Kier alpha value is -2.37. The van der Waals surface area contributed by atoms with Crippen LogP contribution in [0.1, 0.15) is 11.1 Å². The lowest BCUT2D eigenvalue weighted by molar-refractivity contribution is 0.466. The van der Waals surface area contributed by atoms with E-state index in [0.717, 1.165) is 27.6 Å².